The fourth-order valence-corrected chi connectivity index (χ4v) is 2.09. The van der Waals surface area contributed by atoms with Crippen molar-refractivity contribution >= 4 is 11.6 Å². The molecule has 2 aromatic carbocycles. The Balaban J connectivity index is 1.81. The van der Waals surface area contributed by atoms with Crippen molar-refractivity contribution in [1.82, 2.24) is 0 Å². The number of halogens is 2. The van der Waals surface area contributed by atoms with Crippen LogP contribution in [0.4, 0.5) is 14.5 Å². The lowest BCUT2D eigenvalue weighted by Crippen LogP contribution is -2.13. The molecule has 0 saturated heterocycles. The van der Waals surface area contributed by atoms with Crippen molar-refractivity contribution in [3.8, 4) is 11.5 Å². The summed E-state index contributed by atoms with van der Waals surface area (Å²) >= 11 is 0. The predicted octanol–water partition coefficient (Wildman–Crippen LogP) is 3.38. The molecular weight excluding hydrogens is 292 g/mol. The fraction of sp³-hybridized carbons (Fsp3) is 0.188. The van der Waals surface area contributed by atoms with Gasteiger partial charge in [0, 0.05) is 18.1 Å². The van der Waals surface area contributed by atoms with E-state index in [1.165, 1.54) is 12.1 Å². The largest absolute Gasteiger partial charge is 0.490 e. The van der Waals surface area contributed by atoms with Gasteiger partial charge in [0.05, 0.1) is 18.9 Å². The molecule has 0 aliphatic carbocycles. The highest BCUT2D eigenvalue weighted by Gasteiger charge is 2.15. The van der Waals surface area contributed by atoms with Crippen molar-refractivity contribution in [2.45, 2.75) is 6.42 Å². The minimum atomic E-state index is -0.831. The molecule has 1 heterocycles. The SMILES string of the molecule is O=C(Nc1ccc(F)cc1F)c1ccc2c(c1)OCCCO2. The molecule has 0 aromatic heterocycles. The Bertz CT molecular complexity index is 719. The van der Waals surface area contributed by atoms with Crippen LogP contribution in [0.1, 0.15) is 16.8 Å². The van der Waals surface area contributed by atoms with Crippen LogP contribution in [0.2, 0.25) is 0 Å². The summed E-state index contributed by atoms with van der Waals surface area (Å²) in [7, 11) is 0. The van der Waals surface area contributed by atoms with E-state index in [2.05, 4.69) is 5.32 Å². The van der Waals surface area contributed by atoms with E-state index >= 15 is 0 Å². The van der Waals surface area contributed by atoms with Crippen LogP contribution in [-0.2, 0) is 0 Å². The fourth-order valence-electron chi connectivity index (χ4n) is 2.09. The molecule has 4 nitrogen and oxygen atoms in total. The Morgan fingerprint density at radius 3 is 2.55 bits per heavy atom. The van der Waals surface area contributed by atoms with Gasteiger partial charge in [0.25, 0.3) is 5.91 Å². The molecule has 0 unspecified atom stereocenters. The van der Waals surface area contributed by atoms with E-state index in [4.69, 9.17) is 9.47 Å². The normalized spacial score (nSPS) is 13.4. The summed E-state index contributed by atoms with van der Waals surface area (Å²) in [4.78, 5) is 12.2. The third-order valence-corrected chi connectivity index (χ3v) is 3.19. The summed E-state index contributed by atoms with van der Waals surface area (Å²) in [6.45, 7) is 1.06. The first kappa shape index (κ1) is 14.3. The van der Waals surface area contributed by atoms with Crippen LogP contribution in [-0.4, -0.2) is 19.1 Å². The van der Waals surface area contributed by atoms with Crippen LogP contribution in [0, 0.1) is 11.6 Å². The molecule has 0 fully saturated rings. The van der Waals surface area contributed by atoms with Gasteiger partial charge in [0.2, 0.25) is 0 Å². The molecule has 1 amide bonds. The molecule has 2 aromatic rings. The van der Waals surface area contributed by atoms with Crippen molar-refractivity contribution in [1.29, 1.82) is 0 Å². The van der Waals surface area contributed by atoms with Gasteiger partial charge >= 0.3 is 0 Å². The Morgan fingerprint density at radius 1 is 1.00 bits per heavy atom. The zero-order chi connectivity index (χ0) is 15.5. The van der Waals surface area contributed by atoms with Crippen LogP contribution >= 0.6 is 0 Å². The number of amides is 1. The number of rotatable bonds is 2. The minimum Gasteiger partial charge on any atom is -0.490 e. The average molecular weight is 305 g/mol. The molecule has 0 spiro atoms. The zero-order valence-electron chi connectivity index (χ0n) is 11.6. The number of hydrogen-bond acceptors (Lipinski definition) is 3. The van der Waals surface area contributed by atoms with Crippen LogP contribution < -0.4 is 14.8 Å². The number of hydrogen-bond donors (Lipinski definition) is 1. The van der Waals surface area contributed by atoms with E-state index in [-0.39, 0.29) is 5.69 Å². The van der Waals surface area contributed by atoms with E-state index in [1.54, 1.807) is 12.1 Å². The highest BCUT2D eigenvalue weighted by Crippen LogP contribution is 2.30. The molecule has 22 heavy (non-hydrogen) atoms. The lowest BCUT2D eigenvalue weighted by atomic mass is 10.1. The van der Waals surface area contributed by atoms with Crippen LogP contribution in [0.15, 0.2) is 36.4 Å². The quantitative estimate of drug-likeness (QED) is 0.925. The van der Waals surface area contributed by atoms with Crippen molar-refractivity contribution in [2.24, 2.45) is 0 Å². The first-order chi connectivity index (χ1) is 10.6. The maximum atomic E-state index is 13.6. The average Bonchev–Trinajstić information content (AvgIpc) is 2.74. The third kappa shape index (κ3) is 3.00. The van der Waals surface area contributed by atoms with Gasteiger partial charge in [-0.15, -0.1) is 0 Å². The molecule has 6 heteroatoms. The molecule has 114 valence electrons. The molecular formula is C16H13F2NO3. The van der Waals surface area contributed by atoms with Gasteiger partial charge in [0.15, 0.2) is 11.5 Å². The Hall–Kier alpha value is -2.63. The van der Waals surface area contributed by atoms with Crippen molar-refractivity contribution in [3.05, 3.63) is 53.6 Å². The van der Waals surface area contributed by atoms with Gasteiger partial charge in [0.1, 0.15) is 11.6 Å². The minimum absolute atomic E-state index is 0.0847. The maximum absolute atomic E-state index is 13.6. The summed E-state index contributed by atoms with van der Waals surface area (Å²) in [5.41, 5.74) is 0.214. The summed E-state index contributed by atoms with van der Waals surface area (Å²) in [5.74, 6) is -0.998. The number of nitrogens with one attached hydrogen (secondary N) is 1. The van der Waals surface area contributed by atoms with E-state index in [0.717, 1.165) is 12.5 Å². The van der Waals surface area contributed by atoms with E-state index in [0.29, 0.717) is 36.3 Å². The second-order valence-corrected chi connectivity index (χ2v) is 4.79. The predicted molar refractivity (Wildman–Crippen MR) is 76.4 cm³/mol. The van der Waals surface area contributed by atoms with Crippen LogP contribution in [0.5, 0.6) is 11.5 Å². The molecule has 0 saturated carbocycles. The molecule has 1 aliphatic heterocycles. The summed E-state index contributed by atoms with van der Waals surface area (Å²) in [6.07, 6.45) is 0.761. The van der Waals surface area contributed by atoms with Crippen molar-refractivity contribution in [3.63, 3.8) is 0 Å². The lowest BCUT2D eigenvalue weighted by molar-refractivity contribution is 0.102. The molecule has 0 atom stereocenters. The molecule has 1 N–H and O–H groups in total. The Kier molecular flexibility index (Phi) is 3.91. The van der Waals surface area contributed by atoms with Gasteiger partial charge in [-0.1, -0.05) is 0 Å². The maximum Gasteiger partial charge on any atom is 0.255 e. The highest BCUT2D eigenvalue weighted by atomic mass is 19.1. The lowest BCUT2D eigenvalue weighted by Gasteiger charge is -2.10. The first-order valence-corrected chi connectivity index (χ1v) is 6.79. The van der Waals surface area contributed by atoms with Gasteiger partial charge in [-0.25, -0.2) is 8.78 Å². The number of carbonyl (C=O) groups excluding carboxylic acids is 1. The highest BCUT2D eigenvalue weighted by molar-refractivity contribution is 6.04. The number of anilines is 1. The van der Waals surface area contributed by atoms with Crippen molar-refractivity contribution in [2.75, 3.05) is 18.5 Å². The van der Waals surface area contributed by atoms with Crippen molar-refractivity contribution < 1.29 is 23.0 Å². The van der Waals surface area contributed by atoms with Gasteiger partial charge in [-0.3, -0.25) is 4.79 Å². The van der Waals surface area contributed by atoms with Gasteiger partial charge in [-0.2, -0.15) is 0 Å². The molecule has 0 bridgehead atoms. The first-order valence-electron chi connectivity index (χ1n) is 6.79. The number of benzene rings is 2. The number of ether oxygens (including phenoxy) is 2. The molecule has 3 rings (SSSR count). The smallest absolute Gasteiger partial charge is 0.255 e. The van der Waals surface area contributed by atoms with Gasteiger partial charge in [-0.05, 0) is 30.3 Å². The Labute approximate surface area is 125 Å². The molecule has 1 aliphatic rings. The number of fused-ring (bicyclic) bond motifs is 1. The van der Waals surface area contributed by atoms with Crippen LogP contribution in [0.3, 0.4) is 0 Å². The topological polar surface area (TPSA) is 47.6 Å². The van der Waals surface area contributed by atoms with E-state index in [9.17, 15) is 13.6 Å². The van der Waals surface area contributed by atoms with E-state index < -0.39 is 17.5 Å². The standard InChI is InChI=1S/C16H13F2NO3/c17-11-3-4-13(12(18)9-11)19-16(20)10-2-5-14-15(8-10)22-7-1-6-21-14/h2-5,8-9H,1,6-7H2,(H,19,20). The van der Waals surface area contributed by atoms with Gasteiger partial charge < -0.3 is 14.8 Å². The Morgan fingerprint density at radius 2 is 1.77 bits per heavy atom. The summed E-state index contributed by atoms with van der Waals surface area (Å²) < 4.78 is 37.4. The number of carbonyl (C=O) groups is 1. The second kappa shape index (κ2) is 6.01. The third-order valence-electron chi connectivity index (χ3n) is 3.19. The monoisotopic (exact) mass is 305 g/mol. The summed E-state index contributed by atoms with van der Waals surface area (Å²) in [5, 5.41) is 2.40. The molecule has 0 radical (unpaired) electrons. The van der Waals surface area contributed by atoms with Crippen LogP contribution in [0.25, 0.3) is 0 Å². The zero-order valence-corrected chi connectivity index (χ0v) is 11.6. The second-order valence-electron chi connectivity index (χ2n) is 4.79. The van der Waals surface area contributed by atoms with E-state index in [1.807, 2.05) is 0 Å². The summed E-state index contributed by atoms with van der Waals surface area (Å²) in [6, 6.07) is 7.69.